The Morgan fingerprint density at radius 2 is 2.19 bits per heavy atom. The summed E-state index contributed by atoms with van der Waals surface area (Å²) in [7, 11) is 0. The molecule has 0 aliphatic heterocycles. The van der Waals surface area contributed by atoms with Gasteiger partial charge in [0.2, 0.25) is 0 Å². The number of ether oxygens (including phenoxy) is 1. The third-order valence-electron chi connectivity index (χ3n) is 2.85. The quantitative estimate of drug-likeness (QED) is 0.816. The van der Waals surface area contributed by atoms with Crippen molar-refractivity contribution in [1.82, 2.24) is 15.3 Å². The van der Waals surface area contributed by atoms with Crippen LogP contribution in [0.25, 0.3) is 0 Å². The van der Waals surface area contributed by atoms with Gasteiger partial charge in [-0.25, -0.2) is 9.97 Å². The van der Waals surface area contributed by atoms with E-state index in [2.05, 4.69) is 15.3 Å². The zero-order valence-corrected chi connectivity index (χ0v) is 12.1. The molecule has 0 saturated carbocycles. The summed E-state index contributed by atoms with van der Waals surface area (Å²) in [6.07, 6.45) is 1.66. The Morgan fingerprint density at radius 1 is 1.38 bits per heavy atom. The van der Waals surface area contributed by atoms with E-state index in [1.54, 1.807) is 37.4 Å². The highest BCUT2D eigenvalue weighted by molar-refractivity contribution is 6.01. The number of carbonyl (C=O) groups excluding carboxylic acids is 1. The highest BCUT2D eigenvalue weighted by Gasteiger charge is 2.15. The molecule has 0 radical (unpaired) electrons. The molecule has 3 N–H and O–H groups in total. The van der Waals surface area contributed by atoms with Gasteiger partial charge in [0, 0.05) is 11.9 Å². The van der Waals surface area contributed by atoms with Crippen LogP contribution in [0.1, 0.15) is 28.8 Å². The Bertz CT molecular complexity index is 643. The fraction of sp³-hybridized carbons (Fsp3) is 0.267. The summed E-state index contributed by atoms with van der Waals surface area (Å²) >= 11 is 0. The third kappa shape index (κ3) is 3.68. The third-order valence-corrected chi connectivity index (χ3v) is 2.85. The first-order valence-electron chi connectivity index (χ1n) is 6.69. The monoisotopic (exact) mass is 286 g/mol. The number of hydrogen-bond acceptors (Lipinski definition) is 5. The summed E-state index contributed by atoms with van der Waals surface area (Å²) in [5.41, 5.74) is 7.36. The Labute approximate surface area is 123 Å². The van der Waals surface area contributed by atoms with Gasteiger partial charge in [-0.15, -0.1) is 0 Å². The number of nitrogens with zero attached hydrogens (tertiary/aromatic N) is 2. The molecule has 0 atom stereocenters. The van der Waals surface area contributed by atoms with E-state index in [-0.39, 0.29) is 5.91 Å². The largest absolute Gasteiger partial charge is 0.493 e. The lowest BCUT2D eigenvalue weighted by molar-refractivity contribution is 0.0947. The molecule has 0 fully saturated rings. The summed E-state index contributed by atoms with van der Waals surface area (Å²) in [4.78, 5) is 20.6. The number of nitrogen functional groups attached to an aromatic ring is 1. The molecule has 0 spiro atoms. The minimum absolute atomic E-state index is 0.284. The van der Waals surface area contributed by atoms with Crippen LogP contribution in [0.4, 0.5) is 5.69 Å². The number of aromatic nitrogens is 2. The first-order chi connectivity index (χ1) is 10.1. The van der Waals surface area contributed by atoms with Crippen molar-refractivity contribution >= 4 is 11.6 Å². The van der Waals surface area contributed by atoms with Gasteiger partial charge in [-0.3, -0.25) is 4.79 Å². The topological polar surface area (TPSA) is 90.1 Å². The molecule has 2 rings (SSSR count). The Morgan fingerprint density at radius 3 is 2.90 bits per heavy atom. The van der Waals surface area contributed by atoms with Gasteiger partial charge >= 0.3 is 0 Å². The molecule has 0 aliphatic carbocycles. The zero-order chi connectivity index (χ0) is 15.2. The van der Waals surface area contributed by atoms with Crippen LogP contribution in [-0.4, -0.2) is 22.5 Å². The number of nitrogens with one attached hydrogen (secondary N) is 1. The molecular weight excluding hydrogens is 268 g/mol. The van der Waals surface area contributed by atoms with Crippen molar-refractivity contribution in [3.63, 3.8) is 0 Å². The average Bonchev–Trinajstić information content (AvgIpc) is 2.45. The maximum Gasteiger partial charge on any atom is 0.257 e. The van der Waals surface area contributed by atoms with E-state index in [4.69, 9.17) is 10.5 Å². The van der Waals surface area contributed by atoms with Gasteiger partial charge in [-0.2, -0.15) is 0 Å². The summed E-state index contributed by atoms with van der Waals surface area (Å²) in [6.45, 7) is 4.43. The second-order valence-electron chi connectivity index (χ2n) is 4.43. The van der Waals surface area contributed by atoms with Crippen LogP contribution in [-0.2, 0) is 6.54 Å². The van der Waals surface area contributed by atoms with Crippen LogP contribution in [0.5, 0.6) is 5.75 Å². The van der Waals surface area contributed by atoms with Gasteiger partial charge in [0.05, 0.1) is 18.8 Å². The van der Waals surface area contributed by atoms with Gasteiger partial charge in [0.15, 0.2) is 0 Å². The Balaban J connectivity index is 2.13. The van der Waals surface area contributed by atoms with Gasteiger partial charge in [0.25, 0.3) is 5.91 Å². The molecule has 21 heavy (non-hydrogen) atoms. The lowest BCUT2D eigenvalue weighted by Gasteiger charge is -2.12. The van der Waals surface area contributed by atoms with Crippen LogP contribution in [0, 0.1) is 6.92 Å². The van der Waals surface area contributed by atoms with Gasteiger partial charge in [-0.1, -0.05) is 6.07 Å². The SMILES string of the molecule is CCOc1cccc(N)c1C(=O)NCc1ccnc(C)n1. The molecular formula is C15H18N4O2. The Hall–Kier alpha value is -2.63. The van der Waals surface area contributed by atoms with Crippen molar-refractivity contribution in [2.24, 2.45) is 0 Å². The number of carbonyl (C=O) groups is 1. The maximum absolute atomic E-state index is 12.3. The van der Waals surface area contributed by atoms with Crippen LogP contribution in [0.2, 0.25) is 0 Å². The first-order valence-corrected chi connectivity index (χ1v) is 6.69. The van der Waals surface area contributed by atoms with Crippen molar-refractivity contribution in [2.45, 2.75) is 20.4 Å². The lowest BCUT2D eigenvalue weighted by Crippen LogP contribution is -2.25. The van der Waals surface area contributed by atoms with E-state index in [1.807, 2.05) is 6.92 Å². The van der Waals surface area contributed by atoms with E-state index < -0.39 is 0 Å². The number of nitrogens with two attached hydrogens (primary N) is 1. The van der Waals surface area contributed by atoms with E-state index in [1.165, 1.54) is 0 Å². The fourth-order valence-electron chi connectivity index (χ4n) is 1.93. The highest BCUT2D eigenvalue weighted by atomic mass is 16.5. The van der Waals surface area contributed by atoms with E-state index in [0.29, 0.717) is 36.0 Å². The van der Waals surface area contributed by atoms with E-state index in [9.17, 15) is 4.79 Å². The van der Waals surface area contributed by atoms with Crippen LogP contribution in [0.15, 0.2) is 30.5 Å². The maximum atomic E-state index is 12.3. The molecule has 6 nitrogen and oxygen atoms in total. The Kier molecular flexibility index (Phi) is 4.71. The minimum atomic E-state index is -0.284. The van der Waals surface area contributed by atoms with Crippen molar-refractivity contribution in [3.8, 4) is 5.75 Å². The predicted molar refractivity (Wildman–Crippen MR) is 80.0 cm³/mol. The molecule has 1 aromatic heterocycles. The second kappa shape index (κ2) is 6.69. The summed E-state index contributed by atoms with van der Waals surface area (Å²) in [6, 6.07) is 6.91. The van der Waals surface area contributed by atoms with E-state index in [0.717, 1.165) is 5.69 Å². The minimum Gasteiger partial charge on any atom is -0.493 e. The normalized spacial score (nSPS) is 10.2. The fourth-order valence-corrected chi connectivity index (χ4v) is 1.93. The molecule has 0 unspecified atom stereocenters. The van der Waals surface area contributed by atoms with Crippen molar-refractivity contribution in [3.05, 3.63) is 47.5 Å². The zero-order valence-electron chi connectivity index (χ0n) is 12.1. The number of amides is 1. The molecule has 0 bridgehead atoms. The van der Waals surface area contributed by atoms with Gasteiger partial charge in [0.1, 0.15) is 17.1 Å². The number of aryl methyl sites for hydroxylation is 1. The van der Waals surface area contributed by atoms with E-state index >= 15 is 0 Å². The van der Waals surface area contributed by atoms with Crippen LogP contribution < -0.4 is 15.8 Å². The number of benzene rings is 1. The van der Waals surface area contributed by atoms with Crippen molar-refractivity contribution in [1.29, 1.82) is 0 Å². The summed E-state index contributed by atoms with van der Waals surface area (Å²) in [5, 5.41) is 2.79. The molecule has 6 heteroatoms. The van der Waals surface area contributed by atoms with Crippen LogP contribution >= 0.6 is 0 Å². The summed E-state index contributed by atoms with van der Waals surface area (Å²) in [5.74, 6) is 0.859. The first kappa shape index (κ1) is 14.8. The number of hydrogen-bond donors (Lipinski definition) is 2. The van der Waals surface area contributed by atoms with Gasteiger partial charge < -0.3 is 15.8 Å². The highest BCUT2D eigenvalue weighted by Crippen LogP contribution is 2.24. The molecule has 1 aromatic carbocycles. The number of rotatable bonds is 5. The molecule has 1 amide bonds. The number of anilines is 1. The standard InChI is InChI=1S/C15H18N4O2/c1-3-21-13-6-4-5-12(16)14(13)15(20)18-9-11-7-8-17-10(2)19-11/h4-8H,3,9,16H2,1-2H3,(H,18,20). The predicted octanol–water partition coefficient (Wildman–Crippen LogP) is 1.70. The summed E-state index contributed by atoms with van der Waals surface area (Å²) < 4.78 is 5.44. The average molecular weight is 286 g/mol. The lowest BCUT2D eigenvalue weighted by atomic mass is 10.1. The molecule has 1 heterocycles. The molecule has 110 valence electrons. The van der Waals surface area contributed by atoms with Gasteiger partial charge in [-0.05, 0) is 32.0 Å². The molecule has 0 saturated heterocycles. The molecule has 0 aliphatic rings. The van der Waals surface area contributed by atoms with Crippen molar-refractivity contribution < 1.29 is 9.53 Å². The smallest absolute Gasteiger partial charge is 0.257 e. The van der Waals surface area contributed by atoms with Crippen molar-refractivity contribution in [2.75, 3.05) is 12.3 Å². The molecule has 2 aromatic rings. The second-order valence-corrected chi connectivity index (χ2v) is 4.43. The van der Waals surface area contributed by atoms with Crippen LogP contribution in [0.3, 0.4) is 0 Å².